The summed E-state index contributed by atoms with van der Waals surface area (Å²) < 4.78 is 68.2. The van der Waals surface area contributed by atoms with E-state index in [1.165, 1.54) is 27.7 Å². The number of amides is 1. The third-order valence-corrected chi connectivity index (χ3v) is 3.70. The van der Waals surface area contributed by atoms with Crippen molar-refractivity contribution in [1.29, 1.82) is 0 Å². The van der Waals surface area contributed by atoms with Crippen LogP contribution in [0.15, 0.2) is 11.8 Å². The summed E-state index contributed by atoms with van der Waals surface area (Å²) in [7, 11) is -6.07. The molecule has 0 aliphatic carbocycles. The van der Waals surface area contributed by atoms with Gasteiger partial charge in [-0.25, -0.2) is 9.59 Å². The van der Waals surface area contributed by atoms with Crippen LogP contribution in [0.4, 0.5) is 18.0 Å². The minimum atomic E-state index is -6.07. The van der Waals surface area contributed by atoms with E-state index in [0.717, 1.165) is 6.08 Å². The quantitative estimate of drug-likeness (QED) is 0.592. The molecule has 2 unspecified atom stereocenters. The minimum absolute atomic E-state index is 0.578. The van der Waals surface area contributed by atoms with Crippen LogP contribution in [0.25, 0.3) is 0 Å². The van der Waals surface area contributed by atoms with Crippen LogP contribution < -0.4 is 0 Å². The number of carboxylic acids is 1. The number of nitrogens with zero attached hydrogens (tertiary/aromatic N) is 1. The van der Waals surface area contributed by atoms with Crippen LogP contribution in [0.1, 0.15) is 27.7 Å². The van der Waals surface area contributed by atoms with Crippen molar-refractivity contribution in [2.45, 2.75) is 50.9 Å². The topological polar surface area (TPSA) is 110 Å². The lowest BCUT2D eigenvalue weighted by molar-refractivity contribution is -0.142. The Balaban J connectivity index is 3.16. The number of carbonyl (C=O) groups is 2. The third kappa shape index (κ3) is 4.30. The molecule has 0 aromatic heterocycles. The fourth-order valence-electron chi connectivity index (χ4n) is 1.86. The number of aliphatic carboxylic acids is 1. The molecule has 1 heterocycles. The second-order valence-corrected chi connectivity index (χ2v) is 7.46. The zero-order valence-electron chi connectivity index (χ0n) is 13.1. The van der Waals surface area contributed by atoms with Crippen LogP contribution >= 0.6 is 0 Å². The van der Waals surface area contributed by atoms with Gasteiger partial charge in [-0.05, 0) is 33.8 Å². The molecule has 1 rings (SSSR count). The van der Waals surface area contributed by atoms with Crippen LogP contribution in [-0.4, -0.2) is 53.7 Å². The number of hydrogen-bond acceptors (Lipinski definition) is 6. The molecule has 1 amide bonds. The van der Waals surface area contributed by atoms with Gasteiger partial charge in [0, 0.05) is 0 Å². The standard InChI is InChI=1S/C12H16F3NO7S/c1-6-5-7(23-24(20,21)12(13,14)15)8(9(17)18)16(6)10(19)22-11(2,3)4/h5-6,8H,1-4H3,(H,17,18). The lowest BCUT2D eigenvalue weighted by Gasteiger charge is -2.30. The van der Waals surface area contributed by atoms with Crippen molar-refractivity contribution < 1.29 is 45.2 Å². The Morgan fingerprint density at radius 1 is 1.25 bits per heavy atom. The van der Waals surface area contributed by atoms with E-state index in [4.69, 9.17) is 4.74 Å². The summed E-state index contributed by atoms with van der Waals surface area (Å²) in [5.74, 6) is -2.80. The molecule has 24 heavy (non-hydrogen) atoms. The van der Waals surface area contributed by atoms with Gasteiger partial charge in [0.25, 0.3) is 0 Å². The number of halogens is 3. The fourth-order valence-corrected chi connectivity index (χ4v) is 2.35. The van der Waals surface area contributed by atoms with Gasteiger partial charge in [-0.1, -0.05) is 0 Å². The number of alkyl halides is 3. The second kappa shape index (κ2) is 6.15. The molecule has 0 saturated carbocycles. The maximum absolute atomic E-state index is 12.4. The van der Waals surface area contributed by atoms with Gasteiger partial charge in [-0.15, -0.1) is 0 Å². The Bertz CT molecular complexity index is 663. The number of ether oxygens (including phenoxy) is 1. The lowest BCUT2D eigenvalue weighted by Crippen LogP contribution is -2.48. The van der Waals surface area contributed by atoms with Crippen molar-refractivity contribution in [3.05, 3.63) is 11.8 Å². The average Bonchev–Trinajstić information content (AvgIpc) is 2.61. The van der Waals surface area contributed by atoms with E-state index < -0.39 is 51.1 Å². The molecule has 1 aliphatic heterocycles. The summed E-state index contributed by atoms with van der Waals surface area (Å²) in [6.45, 7) is 5.78. The smallest absolute Gasteiger partial charge is 0.479 e. The predicted octanol–water partition coefficient (Wildman–Crippen LogP) is 1.83. The Labute approximate surface area is 135 Å². The normalized spacial score (nSPS) is 22.1. The van der Waals surface area contributed by atoms with E-state index in [-0.39, 0.29) is 0 Å². The first-order valence-corrected chi connectivity index (χ1v) is 7.94. The summed E-state index contributed by atoms with van der Waals surface area (Å²) in [5.41, 5.74) is -6.74. The van der Waals surface area contributed by atoms with Gasteiger partial charge in [0.2, 0.25) is 0 Å². The highest BCUT2D eigenvalue weighted by Gasteiger charge is 2.52. The van der Waals surface area contributed by atoms with Crippen molar-refractivity contribution >= 4 is 22.2 Å². The van der Waals surface area contributed by atoms with E-state index >= 15 is 0 Å². The number of carbonyl (C=O) groups excluding carboxylic acids is 1. The SMILES string of the molecule is CC1C=C(OS(=O)(=O)C(F)(F)F)C(C(=O)O)N1C(=O)OC(C)(C)C. The molecule has 1 N–H and O–H groups in total. The molecular formula is C12H16F3NO7S. The summed E-state index contributed by atoms with van der Waals surface area (Å²) >= 11 is 0. The molecule has 0 fully saturated rings. The highest BCUT2D eigenvalue weighted by molar-refractivity contribution is 7.87. The maximum atomic E-state index is 12.4. The largest absolute Gasteiger partial charge is 0.534 e. The molecule has 138 valence electrons. The molecule has 0 spiro atoms. The third-order valence-electron chi connectivity index (χ3n) is 2.72. The van der Waals surface area contributed by atoms with Crippen molar-refractivity contribution in [1.82, 2.24) is 4.90 Å². The Morgan fingerprint density at radius 3 is 2.12 bits per heavy atom. The van der Waals surface area contributed by atoms with Crippen molar-refractivity contribution in [2.75, 3.05) is 0 Å². The van der Waals surface area contributed by atoms with Crippen molar-refractivity contribution in [3.63, 3.8) is 0 Å². The highest BCUT2D eigenvalue weighted by Crippen LogP contribution is 2.33. The monoisotopic (exact) mass is 375 g/mol. The van der Waals surface area contributed by atoms with E-state index in [1.807, 2.05) is 0 Å². The summed E-state index contributed by atoms with van der Waals surface area (Å²) in [6.07, 6.45) is -0.340. The zero-order valence-corrected chi connectivity index (χ0v) is 13.9. The highest BCUT2D eigenvalue weighted by atomic mass is 32.2. The van der Waals surface area contributed by atoms with E-state index in [1.54, 1.807) is 0 Å². The molecule has 8 nitrogen and oxygen atoms in total. The van der Waals surface area contributed by atoms with Crippen LogP contribution in [0.2, 0.25) is 0 Å². The zero-order chi connectivity index (χ0) is 19.1. The van der Waals surface area contributed by atoms with Gasteiger partial charge in [-0.2, -0.15) is 21.6 Å². The first-order valence-electron chi connectivity index (χ1n) is 6.53. The van der Waals surface area contributed by atoms with Crippen LogP contribution in [0, 0.1) is 0 Å². The predicted molar refractivity (Wildman–Crippen MR) is 73.1 cm³/mol. The molecule has 0 aromatic carbocycles. The molecule has 12 heteroatoms. The first-order chi connectivity index (χ1) is 10.6. The van der Waals surface area contributed by atoms with E-state index in [2.05, 4.69) is 4.18 Å². The lowest BCUT2D eigenvalue weighted by atomic mass is 10.2. The molecule has 0 aromatic rings. The fraction of sp³-hybridized carbons (Fsp3) is 0.667. The van der Waals surface area contributed by atoms with Gasteiger partial charge in [0.15, 0.2) is 11.8 Å². The van der Waals surface area contributed by atoms with Crippen molar-refractivity contribution in [3.8, 4) is 0 Å². The number of rotatable bonds is 3. The van der Waals surface area contributed by atoms with Gasteiger partial charge in [-0.3, -0.25) is 4.90 Å². The maximum Gasteiger partial charge on any atom is 0.534 e. The molecule has 0 saturated heterocycles. The first kappa shape index (κ1) is 20.1. The summed E-state index contributed by atoms with van der Waals surface area (Å²) in [6, 6.07) is -3.12. The van der Waals surface area contributed by atoms with Gasteiger partial charge in [0.05, 0.1) is 6.04 Å². The van der Waals surface area contributed by atoms with Gasteiger partial charge < -0.3 is 14.0 Å². The average molecular weight is 375 g/mol. The van der Waals surface area contributed by atoms with Crippen LogP contribution in [0.5, 0.6) is 0 Å². The minimum Gasteiger partial charge on any atom is -0.479 e. The molecule has 0 radical (unpaired) electrons. The van der Waals surface area contributed by atoms with Gasteiger partial charge in [0.1, 0.15) is 5.60 Å². The second-order valence-electron chi connectivity index (χ2n) is 5.92. The molecule has 0 bridgehead atoms. The summed E-state index contributed by atoms with van der Waals surface area (Å²) in [4.78, 5) is 24.0. The number of hydrogen-bond donors (Lipinski definition) is 1. The van der Waals surface area contributed by atoms with Crippen LogP contribution in [-0.2, 0) is 23.8 Å². The van der Waals surface area contributed by atoms with Gasteiger partial charge >= 0.3 is 27.7 Å². The Kier molecular flexibility index (Phi) is 5.14. The van der Waals surface area contributed by atoms with E-state index in [0.29, 0.717) is 4.90 Å². The Morgan fingerprint density at radius 2 is 1.75 bits per heavy atom. The van der Waals surface area contributed by atoms with Crippen LogP contribution in [0.3, 0.4) is 0 Å². The molecular weight excluding hydrogens is 359 g/mol. The molecule has 2 atom stereocenters. The Hall–Kier alpha value is -1.98. The molecule has 1 aliphatic rings. The summed E-state index contributed by atoms with van der Waals surface area (Å²) in [5, 5.41) is 9.17. The van der Waals surface area contributed by atoms with Crippen molar-refractivity contribution in [2.24, 2.45) is 0 Å². The number of carboxylic acid groups (broad SMARTS) is 1. The van der Waals surface area contributed by atoms with E-state index in [9.17, 15) is 36.3 Å².